The number of anilines is 3. The van der Waals surface area contributed by atoms with Crippen molar-refractivity contribution in [1.29, 1.82) is 0 Å². The van der Waals surface area contributed by atoms with Crippen LogP contribution in [0.1, 0.15) is 22.3 Å². The molecule has 0 saturated heterocycles. The van der Waals surface area contributed by atoms with Gasteiger partial charge in [-0.15, -0.1) is 0 Å². The lowest BCUT2D eigenvalue weighted by atomic mass is 9.70. The van der Waals surface area contributed by atoms with Crippen molar-refractivity contribution >= 4 is 38.9 Å². The Kier molecular flexibility index (Phi) is 9.83. The van der Waals surface area contributed by atoms with Crippen molar-refractivity contribution in [2.24, 2.45) is 0 Å². The van der Waals surface area contributed by atoms with E-state index in [-0.39, 0.29) is 0 Å². The van der Waals surface area contributed by atoms with Crippen LogP contribution in [-0.2, 0) is 5.41 Å². The monoisotopic (exact) mass is 952 g/mol. The zero-order valence-corrected chi connectivity index (χ0v) is 41.1. The summed E-state index contributed by atoms with van der Waals surface area (Å²) in [6.07, 6.45) is 0. The minimum atomic E-state index is -0.447. The predicted molar refractivity (Wildman–Crippen MR) is 314 cm³/mol. The fourth-order valence-corrected chi connectivity index (χ4v) is 12.9. The lowest BCUT2D eigenvalue weighted by molar-refractivity contribution is 0.794. The largest absolute Gasteiger partial charge is 0.310 e. The Morgan fingerprint density at radius 1 is 0.267 bits per heavy atom. The van der Waals surface area contributed by atoms with Crippen LogP contribution in [-0.4, -0.2) is 4.57 Å². The van der Waals surface area contributed by atoms with E-state index in [0.29, 0.717) is 0 Å². The average Bonchev–Trinajstić information content (AvgIpc) is 4.29. The highest BCUT2D eigenvalue weighted by Crippen LogP contribution is 2.63. The van der Waals surface area contributed by atoms with E-state index >= 15 is 0 Å². The van der Waals surface area contributed by atoms with Crippen molar-refractivity contribution < 1.29 is 0 Å². The third-order valence-electron chi connectivity index (χ3n) is 16.0. The summed E-state index contributed by atoms with van der Waals surface area (Å²) in [5, 5.41) is 2.46. The van der Waals surface area contributed by atoms with Crippen LogP contribution in [0.5, 0.6) is 0 Å². The molecule has 0 bridgehead atoms. The molecule has 2 heteroatoms. The van der Waals surface area contributed by atoms with E-state index in [1.165, 1.54) is 94.1 Å². The van der Waals surface area contributed by atoms with E-state index in [9.17, 15) is 0 Å². The number of fused-ring (bicyclic) bond motifs is 13. The van der Waals surface area contributed by atoms with Crippen LogP contribution in [0.25, 0.3) is 94.3 Å². The maximum Gasteiger partial charge on any atom is 0.0725 e. The molecule has 0 atom stereocenters. The van der Waals surface area contributed by atoms with Gasteiger partial charge in [0, 0.05) is 33.4 Å². The van der Waals surface area contributed by atoms with Crippen LogP contribution in [0.4, 0.5) is 17.1 Å². The van der Waals surface area contributed by atoms with E-state index in [1.54, 1.807) is 0 Å². The molecule has 350 valence electrons. The van der Waals surface area contributed by atoms with Crippen molar-refractivity contribution in [1.82, 2.24) is 4.57 Å². The van der Waals surface area contributed by atoms with Crippen LogP contribution >= 0.6 is 0 Å². The summed E-state index contributed by atoms with van der Waals surface area (Å²) in [6.45, 7) is 0. The van der Waals surface area contributed by atoms with Gasteiger partial charge < -0.3 is 9.47 Å². The third kappa shape index (κ3) is 6.53. The van der Waals surface area contributed by atoms with Gasteiger partial charge in [0.25, 0.3) is 0 Å². The Morgan fingerprint density at radius 2 is 0.747 bits per heavy atom. The second kappa shape index (κ2) is 17.2. The van der Waals surface area contributed by atoms with Gasteiger partial charge in [-0.25, -0.2) is 0 Å². The molecule has 1 heterocycles. The molecule has 15 rings (SSSR count). The third-order valence-corrected chi connectivity index (χ3v) is 16.0. The van der Waals surface area contributed by atoms with Gasteiger partial charge in [0.2, 0.25) is 0 Å². The zero-order chi connectivity index (χ0) is 49.5. The highest BCUT2D eigenvalue weighted by Gasteiger charge is 2.51. The summed E-state index contributed by atoms with van der Waals surface area (Å²) < 4.78 is 2.39. The molecule has 1 aromatic heterocycles. The van der Waals surface area contributed by atoms with Gasteiger partial charge >= 0.3 is 0 Å². The summed E-state index contributed by atoms with van der Waals surface area (Å²) >= 11 is 0. The molecule has 12 aromatic carbocycles. The fraction of sp³-hybridized carbons (Fsp3) is 0.0137. The first kappa shape index (κ1) is 42.9. The Bertz CT molecular complexity index is 4310. The molecule has 0 radical (unpaired) electrons. The molecule has 0 saturated carbocycles. The quantitative estimate of drug-likeness (QED) is 0.147. The molecule has 0 aliphatic heterocycles. The summed E-state index contributed by atoms with van der Waals surface area (Å²) in [7, 11) is 0. The zero-order valence-electron chi connectivity index (χ0n) is 41.1. The molecule has 1 spiro atoms. The Balaban J connectivity index is 0.989. The van der Waals surface area contributed by atoms with Crippen LogP contribution in [0.15, 0.2) is 291 Å². The number of aromatic nitrogens is 1. The van der Waals surface area contributed by atoms with E-state index in [2.05, 4.69) is 301 Å². The maximum atomic E-state index is 2.53. The molecule has 0 amide bonds. The number of para-hydroxylation sites is 2. The summed E-state index contributed by atoms with van der Waals surface area (Å²) in [6, 6.07) is 108. The molecular formula is C73H48N2. The summed E-state index contributed by atoms with van der Waals surface area (Å²) in [4.78, 5) is 2.53. The minimum absolute atomic E-state index is 0.447. The standard InChI is InChI=1S/C73H48N2/c1-4-22-49(23-5-1)56-30-10-11-35-62(56)72-57(50-24-6-2-7-25-50)36-21-41-71(72)74(54-29-20-26-51(46-54)52-42-45-70-64(47-52)61-34-15-19-40-69(61)75(70)53-27-8-3-9-28-53)55-43-44-68-63(48-55)60-33-14-18-39-67(60)73(68)65-37-16-12-31-58(65)59-32-13-17-38-66(59)73/h1-48H. The number of benzene rings is 12. The summed E-state index contributed by atoms with van der Waals surface area (Å²) in [5.41, 5.74) is 26.1. The van der Waals surface area contributed by atoms with E-state index in [4.69, 9.17) is 0 Å². The average molecular weight is 953 g/mol. The molecule has 2 nitrogen and oxygen atoms in total. The lowest BCUT2D eigenvalue weighted by Crippen LogP contribution is -2.25. The molecule has 2 aliphatic carbocycles. The molecular weight excluding hydrogens is 905 g/mol. The Labute approximate surface area is 437 Å². The maximum absolute atomic E-state index is 2.53. The van der Waals surface area contributed by atoms with Gasteiger partial charge in [-0.3, -0.25) is 0 Å². The lowest BCUT2D eigenvalue weighted by Gasteiger charge is -2.32. The van der Waals surface area contributed by atoms with Crippen molar-refractivity contribution in [3.05, 3.63) is 313 Å². The number of nitrogens with zero attached hydrogens (tertiary/aromatic N) is 2. The molecule has 0 fully saturated rings. The second-order valence-electron chi connectivity index (χ2n) is 19.9. The van der Waals surface area contributed by atoms with Gasteiger partial charge in [0.05, 0.1) is 22.1 Å². The van der Waals surface area contributed by atoms with Crippen LogP contribution < -0.4 is 4.90 Å². The number of rotatable bonds is 8. The first-order valence-corrected chi connectivity index (χ1v) is 26.0. The second-order valence-corrected chi connectivity index (χ2v) is 19.9. The first-order valence-electron chi connectivity index (χ1n) is 26.0. The van der Waals surface area contributed by atoms with Gasteiger partial charge in [0.1, 0.15) is 0 Å². The Morgan fingerprint density at radius 3 is 1.44 bits per heavy atom. The van der Waals surface area contributed by atoms with Crippen LogP contribution in [0.2, 0.25) is 0 Å². The minimum Gasteiger partial charge on any atom is -0.310 e. The summed E-state index contributed by atoms with van der Waals surface area (Å²) in [5.74, 6) is 0. The van der Waals surface area contributed by atoms with Crippen LogP contribution in [0, 0.1) is 0 Å². The van der Waals surface area contributed by atoms with Gasteiger partial charge in [-0.1, -0.05) is 231 Å². The molecule has 75 heavy (non-hydrogen) atoms. The molecule has 0 N–H and O–H groups in total. The van der Waals surface area contributed by atoms with Crippen molar-refractivity contribution in [3.63, 3.8) is 0 Å². The van der Waals surface area contributed by atoms with Gasteiger partial charge in [-0.2, -0.15) is 0 Å². The highest BCUT2D eigenvalue weighted by molar-refractivity contribution is 6.11. The van der Waals surface area contributed by atoms with E-state index < -0.39 is 5.41 Å². The highest BCUT2D eigenvalue weighted by atomic mass is 15.1. The molecule has 2 aliphatic rings. The van der Waals surface area contributed by atoms with Crippen molar-refractivity contribution in [2.75, 3.05) is 4.90 Å². The van der Waals surface area contributed by atoms with Gasteiger partial charge in [-0.05, 0) is 144 Å². The topological polar surface area (TPSA) is 8.17 Å². The van der Waals surface area contributed by atoms with E-state index in [1.807, 2.05) is 0 Å². The number of hydrogen-bond donors (Lipinski definition) is 0. The van der Waals surface area contributed by atoms with Gasteiger partial charge in [0.15, 0.2) is 0 Å². The number of hydrogen-bond acceptors (Lipinski definition) is 1. The smallest absolute Gasteiger partial charge is 0.0725 e. The fourth-order valence-electron chi connectivity index (χ4n) is 12.9. The van der Waals surface area contributed by atoms with Crippen molar-refractivity contribution in [3.8, 4) is 72.4 Å². The normalized spacial score (nSPS) is 12.6. The molecule has 13 aromatic rings. The predicted octanol–water partition coefficient (Wildman–Crippen LogP) is 19.3. The van der Waals surface area contributed by atoms with E-state index in [0.717, 1.165) is 39.4 Å². The van der Waals surface area contributed by atoms with Crippen LogP contribution in [0.3, 0.4) is 0 Å². The van der Waals surface area contributed by atoms with Crippen molar-refractivity contribution in [2.45, 2.75) is 5.41 Å². The Hall–Kier alpha value is -9.76. The SMILES string of the molecule is c1ccc(-c2ccccc2-c2c(-c3ccccc3)cccc2N(c2cccc(-c3ccc4c(c3)c3ccccc3n4-c3ccccc3)c2)c2ccc3c(c2)-c2ccccc2C32c3ccccc3-c3ccccc32)cc1. The molecule has 0 unspecified atom stereocenters. The first-order chi connectivity index (χ1) is 37.2.